The van der Waals surface area contributed by atoms with Gasteiger partial charge < -0.3 is 10.5 Å². The standard InChI is InChI=1S/C13H20N2O3S2/c1-13(6-3-7-19-13)9-15-20(16,17)10-4-5-12(18-2)11(14)8-10/h4-5,8,15H,3,6-7,9,14H2,1-2H3. The first-order valence-electron chi connectivity index (χ1n) is 6.43. The summed E-state index contributed by atoms with van der Waals surface area (Å²) in [6, 6.07) is 4.49. The first kappa shape index (κ1) is 15.5. The minimum absolute atomic E-state index is 0.00884. The summed E-state index contributed by atoms with van der Waals surface area (Å²) in [6.07, 6.45) is 2.17. The number of hydrogen-bond donors (Lipinski definition) is 2. The summed E-state index contributed by atoms with van der Waals surface area (Å²) in [5.41, 5.74) is 6.07. The van der Waals surface area contributed by atoms with Crippen LogP contribution in [-0.4, -0.2) is 32.6 Å². The highest BCUT2D eigenvalue weighted by atomic mass is 32.2. The third-order valence-electron chi connectivity index (χ3n) is 3.45. The Balaban J connectivity index is 2.12. The van der Waals surface area contributed by atoms with Crippen LogP contribution < -0.4 is 15.2 Å². The van der Waals surface area contributed by atoms with Gasteiger partial charge in [0.05, 0.1) is 17.7 Å². The van der Waals surface area contributed by atoms with Crippen LogP contribution >= 0.6 is 11.8 Å². The van der Waals surface area contributed by atoms with Crippen molar-refractivity contribution >= 4 is 27.5 Å². The Morgan fingerprint density at radius 1 is 1.50 bits per heavy atom. The molecule has 1 fully saturated rings. The predicted molar refractivity (Wildman–Crippen MR) is 82.7 cm³/mol. The highest BCUT2D eigenvalue weighted by molar-refractivity contribution is 8.01. The van der Waals surface area contributed by atoms with Crippen LogP contribution in [-0.2, 0) is 10.0 Å². The maximum atomic E-state index is 12.3. The average molecular weight is 316 g/mol. The summed E-state index contributed by atoms with van der Waals surface area (Å²) >= 11 is 1.82. The number of ether oxygens (including phenoxy) is 1. The lowest BCUT2D eigenvalue weighted by molar-refractivity contribution is 0.416. The fourth-order valence-electron chi connectivity index (χ4n) is 2.19. The van der Waals surface area contributed by atoms with Gasteiger partial charge in [0, 0.05) is 11.3 Å². The predicted octanol–water partition coefficient (Wildman–Crippen LogP) is 1.84. The molecule has 7 heteroatoms. The van der Waals surface area contributed by atoms with Crippen molar-refractivity contribution in [2.75, 3.05) is 25.1 Å². The molecule has 1 aromatic rings. The normalized spacial score (nSPS) is 22.9. The second-order valence-electron chi connectivity index (χ2n) is 5.13. The lowest BCUT2D eigenvalue weighted by Gasteiger charge is -2.22. The van der Waals surface area contributed by atoms with Crippen LogP contribution in [0.4, 0.5) is 5.69 Å². The van der Waals surface area contributed by atoms with Crippen molar-refractivity contribution in [1.82, 2.24) is 4.72 Å². The van der Waals surface area contributed by atoms with E-state index in [9.17, 15) is 8.42 Å². The lowest BCUT2D eigenvalue weighted by atomic mass is 10.1. The van der Waals surface area contributed by atoms with Crippen LogP contribution in [0.1, 0.15) is 19.8 Å². The van der Waals surface area contributed by atoms with E-state index in [1.807, 2.05) is 11.8 Å². The monoisotopic (exact) mass is 316 g/mol. The van der Waals surface area contributed by atoms with Crippen LogP contribution in [0.5, 0.6) is 5.75 Å². The topological polar surface area (TPSA) is 81.4 Å². The zero-order chi connectivity index (χ0) is 14.8. The fraction of sp³-hybridized carbons (Fsp3) is 0.538. The zero-order valence-corrected chi connectivity index (χ0v) is 13.3. The molecular weight excluding hydrogens is 296 g/mol. The van der Waals surface area contributed by atoms with E-state index in [1.54, 1.807) is 6.07 Å². The van der Waals surface area contributed by atoms with E-state index < -0.39 is 10.0 Å². The molecule has 0 bridgehead atoms. The van der Waals surface area contributed by atoms with Crippen LogP contribution in [0.25, 0.3) is 0 Å². The number of methoxy groups -OCH3 is 1. The Kier molecular flexibility index (Phi) is 4.51. The Hall–Kier alpha value is -0.920. The number of sulfonamides is 1. The van der Waals surface area contributed by atoms with Crippen LogP contribution in [0.3, 0.4) is 0 Å². The summed E-state index contributed by atoms with van der Waals surface area (Å²) in [6.45, 7) is 2.53. The van der Waals surface area contributed by atoms with E-state index in [2.05, 4.69) is 11.6 Å². The smallest absolute Gasteiger partial charge is 0.240 e. The van der Waals surface area contributed by atoms with E-state index in [-0.39, 0.29) is 9.64 Å². The number of benzene rings is 1. The number of hydrogen-bond acceptors (Lipinski definition) is 5. The SMILES string of the molecule is COc1ccc(S(=O)(=O)NCC2(C)CCCS2)cc1N. The van der Waals surface area contributed by atoms with Gasteiger partial charge in [-0.05, 0) is 43.7 Å². The maximum absolute atomic E-state index is 12.3. The van der Waals surface area contributed by atoms with E-state index >= 15 is 0 Å². The highest BCUT2D eigenvalue weighted by Crippen LogP contribution is 2.37. The summed E-state index contributed by atoms with van der Waals surface area (Å²) in [5.74, 6) is 1.57. The number of nitrogen functional groups attached to an aromatic ring is 1. The molecule has 5 nitrogen and oxygen atoms in total. The molecule has 0 saturated carbocycles. The molecule has 1 heterocycles. The van der Waals surface area contributed by atoms with E-state index in [0.29, 0.717) is 18.0 Å². The molecule has 1 aliphatic heterocycles. The number of thioether (sulfide) groups is 1. The van der Waals surface area contributed by atoms with Gasteiger partial charge in [-0.3, -0.25) is 0 Å². The van der Waals surface area contributed by atoms with Crippen molar-refractivity contribution < 1.29 is 13.2 Å². The van der Waals surface area contributed by atoms with Gasteiger partial charge in [-0.25, -0.2) is 13.1 Å². The molecule has 1 aromatic carbocycles. The van der Waals surface area contributed by atoms with Crippen LogP contribution in [0, 0.1) is 0 Å². The minimum Gasteiger partial charge on any atom is -0.495 e. The molecule has 0 aromatic heterocycles. The summed E-state index contributed by atoms with van der Waals surface area (Å²) in [4.78, 5) is 0.169. The van der Waals surface area contributed by atoms with Gasteiger partial charge in [-0.1, -0.05) is 0 Å². The Morgan fingerprint density at radius 3 is 2.80 bits per heavy atom. The Labute approximate surface area is 124 Å². The maximum Gasteiger partial charge on any atom is 0.240 e. The van der Waals surface area contributed by atoms with E-state index in [0.717, 1.165) is 18.6 Å². The average Bonchev–Trinajstić information content (AvgIpc) is 2.84. The molecule has 20 heavy (non-hydrogen) atoms. The lowest BCUT2D eigenvalue weighted by Crippen LogP contribution is -2.36. The van der Waals surface area contributed by atoms with Gasteiger partial charge in [-0.15, -0.1) is 0 Å². The molecule has 1 unspecified atom stereocenters. The Morgan fingerprint density at radius 2 is 2.25 bits per heavy atom. The third-order valence-corrected chi connectivity index (χ3v) is 6.39. The van der Waals surface area contributed by atoms with Crippen LogP contribution in [0.2, 0.25) is 0 Å². The van der Waals surface area contributed by atoms with Crippen LogP contribution in [0.15, 0.2) is 23.1 Å². The van der Waals surface area contributed by atoms with Crippen molar-refractivity contribution in [3.05, 3.63) is 18.2 Å². The highest BCUT2D eigenvalue weighted by Gasteiger charge is 2.31. The molecule has 1 aliphatic rings. The van der Waals surface area contributed by atoms with E-state index in [4.69, 9.17) is 10.5 Å². The summed E-state index contributed by atoms with van der Waals surface area (Å²) < 4.78 is 32.2. The van der Waals surface area contributed by atoms with Gasteiger partial charge >= 0.3 is 0 Å². The summed E-state index contributed by atoms with van der Waals surface area (Å²) in [5, 5.41) is 0. The first-order chi connectivity index (χ1) is 9.36. The number of nitrogens with one attached hydrogen (secondary N) is 1. The van der Waals surface area contributed by atoms with Gasteiger partial charge in [0.1, 0.15) is 5.75 Å². The first-order valence-corrected chi connectivity index (χ1v) is 8.90. The van der Waals surface area contributed by atoms with Gasteiger partial charge in [0.2, 0.25) is 10.0 Å². The molecule has 0 radical (unpaired) electrons. The van der Waals surface area contributed by atoms with Crippen molar-refractivity contribution in [2.45, 2.75) is 29.4 Å². The van der Waals surface area contributed by atoms with Crippen molar-refractivity contribution in [2.24, 2.45) is 0 Å². The van der Waals surface area contributed by atoms with Crippen molar-refractivity contribution in [3.8, 4) is 5.75 Å². The molecule has 112 valence electrons. The van der Waals surface area contributed by atoms with Gasteiger partial charge in [-0.2, -0.15) is 11.8 Å². The third kappa shape index (κ3) is 3.39. The molecule has 1 atom stereocenters. The molecule has 1 saturated heterocycles. The van der Waals surface area contributed by atoms with Gasteiger partial charge in [0.15, 0.2) is 0 Å². The largest absolute Gasteiger partial charge is 0.495 e. The zero-order valence-electron chi connectivity index (χ0n) is 11.7. The number of rotatable bonds is 5. The fourth-order valence-corrected chi connectivity index (χ4v) is 4.73. The quantitative estimate of drug-likeness (QED) is 0.810. The molecule has 0 aliphatic carbocycles. The van der Waals surface area contributed by atoms with Gasteiger partial charge in [0.25, 0.3) is 0 Å². The van der Waals surface area contributed by atoms with Crippen molar-refractivity contribution in [3.63, 3.8) is 0 Å². The van der Waals surface area contributed by atoms with E-state index in [1.165, 1.54) is 19.2 Å². The molecule has 0 amide bonds. The number of anilines is 1. The Bertz CT molecular complexity index is 581. The second kappa shape index (κ2) is 5.83. The summed E-state index contributed by atoms with van der Waals surface area (Å²) in [7, 11) is -2.04. The molecule has 0 spiro atoms. The second-order valence-corrected chi connectivity index (χ2v) is 8.58. The number of nitrogens with two attached hydrogens (primary N) is 1. The van der Waals surface area contributed by atoms with Crippen molar-refractivity contribution in [1.29, 1.82) is 0 Å². The minimum atomic E-state index is -3.53. The molecular formula is C13H20N2O3S2. The molecule has 3 N–H and O–H groups in total. The molecule has 2 rings (SSSR count).